The van der Waals surface area contributed by atoms with E-state index in [0.717, 1.165) is 19.3 Å². The van der Waals surface area contributed by atoms with E-state index >= 15 is 0 Å². The van der Waals surface area contributed by atoms with Crippen molar-refractivity contribution in [2.45, 2.75) is 43.8 Å². The summed E-state index contributed by atoms with van der Waals surface area (Å²) in [6, 6.07) is 9.26. The Morgan fingerprint density at radius 1 is 1.26 bits per heavy atom. The molecule has 1 heterocycles. The molecule has 0 unspecified atom stereocenters. The predicted molar refractivity (Wildman–Crippen MR) is 106 cm³/mol. The van der Waals surface area contributed by atoms with Crippen LogP contribution in [0.25, 0.3) is 0 Å². The van der Waals surface area contributed by atoms with Gasteiger partial charge < -0.3 is 26.3 Å². The van der Waals surface area contributed by atoms with E-state index in [1.165, 1.54) is 4.88 Å². The summed E-state index contributed by atoms with van der Waals surface area (Å²) in [5, 5.41) is 23.3. The summed E-state index contributed by atoms with van der Waals surface area (Å²) in [6.45, 7) is 0.308. The molecule has 145 valence electrons. The molecule has 1 aromatic heterocycles. The van der Waals surface area contributed by atoms with Gasteiger partial charge in [0.1, 0.15) is 5.75 Å². The van der Waals surface area contributed by atoms with Crippen LogP contribution >= 0.6 is 34.5 Å². The van der Waals surface area contributed by atoms with Crippen molar-refractivity contribution in [3.8, 4) is 5.75 Å². The molecule has 4 atom stereocenters. The Balaban J connectivity index is 0.00000261. The second kappa shape index (κ2) is 11.5. The number of aliphatic hydroxyl groups is 2. The van der Waals surface area contributed by atoms with Crippen LogP contribution in [-0.4, -0.2) is 28.3 Å². The van der Waals surface area contributed by atoms with Crippen LogP contribution in [0.5, 0.6) is 5.75 Å². The van der Waals surface area contributed by atoms with Gasteiger partial charge in [-0.2, -0.15) is 6.07 Å². The molecule has 3 nitrogen and oxygen atoms in total. The van der Waals surface area contributed by atoms with E-state index in [1.54, 1.807) is 29.5 Å². The van der Waals surface area contributed by atoms with Gasteiger partial charge in [0.2, 0.25) is 0 Å². The predicted octanol–water partition coefficient (Wildman–Crippen LogP) is 4.70. The van der Waals surface area contributed by atoms with Crippen LogP contribution in [0.2, 0.25) is 5.02 Å². The van der Waals surface area contributed by atoms with Crippen LogP contribution in [0.15, 0.2) is 30.3 Å². The fraction of sp³-hybridized carbons (Fsp3) is 0.500. The summed E-state index contributed by atoms with van der Waals surface area (Å²) in [5.41, 5.74) is 0.707. The summed E-state index contributed by atoms with van der Waals surface area (Å²) >= 11 is 14.2. The first-order valence-electron chi connectivity index (χ1n) is 8.87. The molecule has 0 spiro atoms. The smallest absolute Gasteiger partial charge is 0.121 e. The fourth-order valence-electron chi connectivity index (χ4n) is 3.67. The van der Waals surface area contributed by atoms with E-state index in [9.17, 15) is 10.2 Å². The monoisotopic (exact) mass is 502 g/mol. The Bertz CT molecular complexity index is 699. The van der Waals surface area contributed by atoms with Crippen LogP contribution in [0.1, 0.15) is 29.7 Å². The summed E-state index contributed by atoms with van der Waals surface area (Å²) in [5.74, 6) is 0.843. The van der Waals surface area contributed by atoms with E-state index < -0.39 is 6.10 Å². The SMILES string of the molecule is OCc1cc(Cl)cc(OC[C@@H]2[C@@H](CCCc3cc[c-]s3)[C@H](Cl)C[C@H]2O)c1.[Y]. The molecule has 1 aromatic carbocycles. The molecule has 1 aliphatic carbocycles. The van der Waals surface area contributed by atoms with Gasteiger partial charge in [-0.25, -0.2) is 6.07 Å². The third-order valence-corrected chi connectivity index (χ3v) is 6.60. The van der Waals surface area contributed by atoms with Crippen LogP contribution in [0.3, 0.4) is 0 Å². The molecule has 3 rings (SSSR count). The average Bonchev–Trinajstić information content (AvgIpc) is 3.21. The van der Waals surface area contributed by atoms with Crippen LogP contribution in [-0.2, 0) is 45.7 Å². The van der Waals surface area contributed by atoms with Gasteiger partial charge in [0, 0.05) is 49.0 Å². The number of thiophene rings is 1. The number of benzene rings is 1. The molecule has 1 aliphatic rings. The van der Waals surface area contributed by atoms with Crippen molar-refractivity contribution >= 4 is 34.5 Å². The van der Waals surface area contributed by atoms with Gasteiger partial charge >= 0.3 is 0 Å². The second-order valence-corrected chi connectivity index (χ2v) is 8.78. The molecule has 1 fully saturated rings. The number of ether oxygens (including phenoxy) is 1. The summed E-state index contributed by atoms with van der Waals surface area (Å²) in [7, 11) is 0. The van der Waals surface area contributed by atoms with E-state index in [1.807, 2.05) is 6.07 Å². The Kier molecular flexibility index (Phi) is 10.0. The topological polar surface area (TPSA) is 49.7 Å². The molecular formula is C20H23Cl2O3SY-. The van der Waals surface area contributed by atoms with Crippen LogP contribution in [0.4, 0.5) is 0 Å². The molecule has 2 N–H and O–H groups in total. The van der Waals surface area contributed by atoms with E-state index in [-0.39, 0.29) is 56.5 Å². The zero-order chi connectivity index (χ0) is 18.5. The molecule has 0 bridgehead atoms. The number of hydrogen-bond acceptors (Lipinski definition) is 4. The van der Waals surface area contributed by atoms with Gasteiger partial charge in [-0.05, 0) is 42.5 Å². The molecule has 0 aliphatic heterocycles. The first-order valence-corrected chi connectivity index (χ1v) is 10.5. The quantitative estimate of drug-likeness (QED) is 0.406. The van der Waals surface area contributed by atoms with E-state index in [2.05, 4.69) is 11.4 Å². The zero-order valence-electron chi connectivity index (χ0n) is 15.0. The third kappa shape index (κ3) is 6.67. The van der Waals surface area contributed by atoms with Crippen molar-refractivity contribution in [2.24, 2.45) is 11.8 Å². The number of aryl methyl sites for hydroxylation is 1. The Morgan fingerprint density at radius 2 is 2.07 bits per heavy atom. The molecule has 1 radical (unpaired) electrons. The van der Waals surface area contributed by atoms with Crippen LogP contribution in [0, 0.1) is 17.2 Å². The summed E-state index contributed by atoms with van der Waals surface area (Å²) < 4.78 is 5.90. The van der Waals surface area contributed by atoms with Crippen molar-refractivity contribution in [1.29, 1.82) is 0 Å². The van der Waals surface area contributed by atoms with E-state index in [4.69, 9.17) is 27.9 Å². The van der Waals surface area contributed by atoms with Gasteiger partial charge in [-0.1, -0.05) is 24.4 Å². The number of halogens is 2. The Morgan fingerprint density at radius 3 is 2.78 bits per heavy atom. The maximum atomic E-state index is 10.4. The standard InChI is InChI=1S/C20H23Cl2O3S.Y/c21-14-7-13(11-23)8-15(9-14)25-12-18-17(19(22)10-20(18)24)5-1-3-16-4-2-6-26-16;/h2,4,7-9,17-20,23-24H,1,3,5,10-12H2;/q-1;/t17-,18-,19-,20-;/m1./s1. The zero-order valence-corrected chi connectivity index (χ0v) is 20.1. The van der Waals surface area contributed by atoms with Gasteiger partial charge in [-0.3, -0.25) is 0 Å². The van der Waals surface area contributed by atoms with Crippen molar-refractivity contribution in [3.05, 3.63) is 51.2 Å². The normalized spacial score (nSPS) is 24.6. The number of aliphatic hydroxyl groups excluding tert-OH is 2. The maximum Gasteiger partial charge on any atom is 0.121 e. The minimum absolute atomic E-state index is 0. The second-order valence-electron chi connectivity index (χ2n) is 6.82. The molecule has 27 heavy (non-hydrogen) atoms. The van der Waals surface area contributed by atoms with E-state index in [0.29, 0.717) is 29.4 Å². The van der Waals surface area contributed by atoms with Gasteiger partial charge in [0.05, 0.1) is 19.3 Å². The number of hydrogen-bond donors (Lipinski definition) is 2. The van der Waals surface area contributed by atoms with Gasteiger partial charge in [0.25, 0.3) is 0 Å². The van der Waals surface area contributed by atoms with Crippen molar-refractivity contribution in [3.63, 3.8) is 0 Å². The van der Waals surface area contributed by atoms with Crippen molar-refractivity contribution in [1.82, 2.24) is 0 Å². The maximum absolute atomic E-state index is 10.4. The number of alkyl halides is 1. The summed E-state index contributed by atoms with van der Waals surface area (Å²) in [4.78, 5) is 1.33. The van der Waals surface area contributed by atoms with Crippen LogP contribution < -0.4 is 4.74 Å². The molecule has 0 saturated heterocycles. The Hall–Kier alpha value is 0.324. The number of rotatable bonds is 8. The van der Waals surface area contributed by atoms with Crippen molar-refractivity contribution < 1.29 is 47.7 Å². The van der Waals surface area contributed by atoms with Gasteiger partial charge in [-0.15, -0.1) is 21.9 Å². The first-order chi connectivity index (χ1) is 12.6. The molecule has 1 saturated carbocycles. The average molecular weight is 503 g/mol. The first kappa shape index (κ1) is 23.6. The molecule has 7 heteroatoms. The molecule has 2 aromatic rings. The summed E-state index contributed by atoms with van der Waals surface area (Å²) in [6.07, 6.45) is 3.18. The molecule has 0 amide bonds. The third-order valence-electron chi connectivity index (χ3n) is 5.02. The largest absolute Gasteiger partial charge is 0.493 e. The minimum atomic E-state index is -0.450. The fourth-order valence-corrected chi connectivity index (χ4v) is 5.08. The van der Waals surface area contributed by atoms with Gasteiger partial charge in [0.15, 0.2) is 0 Å². The van der Waals surface area contributed by atoms with Crippen molar-refractivity contribution in [2.75, 3.05) is 6.61 Å². The Labute approximate surface area is 199 Å². The minimum Gasteiger partial charge on any atom is -0.493 e. The molecular weight excluding hydrogens is 480 g/mol.